The quantitative estimate of drug-likeness (QED) is 0.729. The van der Waals surface area contributed by atoms with Gasteiger partial charge < -0.3 is 16.6 Å². The fourth-order valence-electron chi connectivity index (χ4n) is 1.55. The van der Waals surface area contributed by atoms with E-state index >= 15 is 0 Å². The Morgan fingerprint density at radius 1 is 0.882 bits per heavy atom. The van der Waals surface area contributed by atoms with E-state index in [-0.39, 0.29) is 6.61 Å². The minimum absolute atomic E-state index is 0.0793. The largest absolute Gasteiger partial charge is 0.392 e. The van der Waals surface area contributed by atoms with Crippen LogP contribution in [-0.4, -0.2) is 18.2 Å². The number of aliphatic hydroxyl groups excluding tert-OH is 1. The number of aliphatic hydroxyl groups is 1. The summed E-state index contributed by atoms with van der Waals surface area (Å²) >= 11 is 0. The van der Waals surface area contributed by atoms with E-state index in [0.717, 1.165) is 18.4 Å². The van der Waals surface area contributed by atoms with Crippen molar-refractivity contribution in [1.82, 2.24) is 0 Å². The van der Waals surface area contributed by atoms with Gasteiger partial charge in [-0.2, -0.15) is 0 Å². The van der Waals surface area contributed by atoms with E-state index in [9.17, 15) is 0 Å². The average Bonchev–Trinajstić information content (AvgIpc) is 2.30. The van der Waals surface area contributed by atoms with Crippen molar-refractivity contribution in [1.29, 1.82) is 0 Å². The summed E-state index contributed by atoms with van der Waals surface area (Å²) in [5.41, 5.74) is 14.3. The van der Waals surface area contributed by atoms with E-state index in [1.165, 1.54) is 17.5 Å². The van der Waals surface area contributed by atoms with Crippen LogP contribution in [0, 0.1) is 0 Å². The summed E-state index contributed by atoms with van der Waals surface area (Å²) in [6.45, 7) is 5.60. The predicted octanol–water partition coefficient (Wildman–Crippen LogP) is 1.60. The van der Waals surface area contributed by atoms with Crippen molar-refractivity contribution in [3.8, 4) is 0 Å². The zero-order chi connectivity index (χ0) is 13.1. The third kappa shape index (κ3) is 7.10. The molecule has 0 spiro atoms. The molecule has 1 aromatic rings. The van der Waals surface area contributed by atoms with Crippen molar-refractivity contribution < 1.29 is 5.11 Å². The van der Waals surface area contributed by atoms with Gasteiger partial charge in [0.1, 0.15) is 0 Å². The highest BCUT2D eigenvalue weighted by Gasteiger charge is 1.99. The van der Waals surface area contributed by atoms with E-state index in [1.807, 2.05) is 12.1 Å². The SMILES string of the molecule is CCC.NCCc1cc(CO)cc(CCN)c1. The third-order valence-electron chi connectivity index (χ3n) is 2.16. The molecule has 3 nitrogen and oxygen atoms in total. The van der Waals surface area contributed by atoms with Gasteiger partial charge in [0.25, 0.3) is 0 Å². The molecule has 0 aliphatic heterocycles. The topological polar surface area (TPSA) is 72.3 Å². The van der Waals surface area contributed by atoms with Gasteiger partial charge in [0.15, 0.2) is 0 Å². The molecule has 0 aliphatic rings. The lowest BCUT2D eigenvalue weighted by Gasteiger charge is -2.06. The van der Waals surface area contributed by atoms with Crippen LogP contribution >= 0.6 is 0 Å². The first-order valence-electron chi connectivity index (χ1n) is 6.34. The molecule has 3 heteroatoms. The molecule has 1 rings (SSSR count). The zero-order valence-electron chi connectivity index (χ0n) is 11.1. The maximum atomic E-state index is 9.06. The number of rotatable bonds is 5. The molecule has 5 N–H and O–H groups in total. The number of nitrogens with two attached hydrogens (primary N) is 2. The van der Waals surface area contributed by atoms with E-state index in [1.54, 1.807) is 0 Å². The maximum absolute atomic E-state index is 9.06. The van der Waals surface area contributed by atoms with Crippen molar-refractivity contribution in [3.05, 3.63) is 34.9 Å². The van der Waals surface area contributed by atoms with Gasteiger partial charge >= 0.3 is 0 Å². The Morgan fingerprint density at radius 3 is 1.53 bits per heavy atom. The molecule has 0 atom stereocenters. The van der Waals surface area contributed by atoms with Gasteiger partial charge in [0.2, 0.25) is 0 Å². The van der Waals surface area contributed by atoms with E-state index < -0.39 is 0 Å². The molecule has 0 bridgehead atoms. The van der Waals surface area contributed by atoms with Crippen LogP contribution in [0.25, 0.3) is 0 Å². The molecule has 0 radical (unpaired) electrons. The monoisotopic (exact) mass is 238 g/mol. The Balaban J connectivity index is 0.000000770. The van der Waals surface area contributed by atoms with E-state index in [4.69, 9.17) is 16.6 Å². The van der Waals surface area contributed by atoms with Crippen molar-refractivity contribution in [3.63, 3.8) is 0 Å². The van der Waals surface area contributed by atoms with Crippen LogP contribution in [0.5, 0.6) is 0 Å². The first-order valence-corrected chi connectivity index (χ1v) is 6.34. The second kappa shape index (κ2) is 10.3. The second-order valence-electron chi connectivity index (χ2n) is 4.10. The lowest BCUT2D eigenvalue weighted by Crippen LogP contribution is -2.06. The molecule has 0 saturated heterocycles. The average molecular weight is 238 g/mol. The molecule has 0 unspecified atom stereocenters. The normalized spacial score (nSPS) is 9.71. The van der Waals surface area contributed by atoms with Crippen LogP contribution in [-0.2, 0) is 19.4 Å². The third-order valence-corrected chi connectivity index (χ3v) is 2.16. The fraction of sp³-hybridized carbons (Fsp3) is 0.571. The second-order valence-corrected chi connectivity index (χ2v) is 4.10. The highest BCUT2D eigenvalue weighted by atomic mass is 16.3. The summed E-state index contributed by atoms with van der Waals surface area (Å²) in [4.78, 5) is 0. The number of hydrogen-bond acceptors (Lipinski definition) is 3. The summed E-state index contributed by atoms with van der Waals surface area (Å²) in [6.07, 6.45) is 2.96. The number of benzene rings is 1. The van der Waals surface area contributed by atoms with Crippen LogP contribution in [0.3, 0.4) is 0 Å². The molecule has 98 valence electrons. The summed E-state index contributed by atoms with van der Waals surface area (Å²) < 4.78 is 0. The fourth-order valence-corrected chi connectivity index (χ4v) is 1.55. The molecule has 1 aromatic carbocycles. The Kier molecular flexibility index (Phi) is 9.72. The molecule has 17 heavy (non-hydrogen) atoms. The van der Waals surface area contributed by atoms with Gasteiger partial charge in [-0.3, -0.25) is 0 Å². The van der Waals surface area contributed by atoms with Gasteiger partial charge in [-0.25, -0.2) is 0 Å². The highest BCUT2D eigenvalue weighted by molar-refractivity contribution is 5.30. The van der Waals surface area contributed by atoms with Gasteiger partial charge in [-0.1, -0.05) is 38.5 Å². The van der Waals surface area contributed by atoms with E-state index in [2.05, 4.69) is 19.9 Å². The summed E-state index contributed by atoms with van der Waals surface area (Å²) in [5.74, 6) is 0. The summed E-state index contributed by atoms with van der Waals surface area (Å²) in [7, 11) is 0. The molecule has 0 aliphatic carbocycles. The molecule has 0 aromatic heterocycles. The highest BCUT2D eigenvalue weighted by Crippen LogP contribution is 2.11. The van der Waals surface area contributed by atoms with Gasteiger partial charge in [0, 0.05) is 0 Å². The zero-order valence-corrected chi connectivity index (χ0v) is 11.1. The van der Waals surface area contributed by atoms with Crippen LogP contribution < -0.4 is 11.5 Å². The molecule has 0 saturated carbocycles. The van der Waals surface area contributed by atoms with Crippen LogP contribution in [0.2, 0.25) is 0 Å². The Hall–Kier alpha value is -0.900. The molecule has 0 fully saturated rings. The Labute approximate surface area is 105 Å². The maximum Gasteiger partial charge on any atom is 0.0682 e. The van der Waals surface area contributed by atoms with Gasteiger partial charge in [-0.15, -0.1) is 0 Å². The molecular weight excluding hydrogens is 212 g/mol. The van der Waals surface area contributed by atoms with Crippen molar-refractivity contribution in [2.24, 2.45) is 11.5 Å². The van der Waals surface area contributed by atoms with Crippen LogP contribution in [0.1, 0.15) is 37.0 Å². The van der Waals surface area contributed by atoms with Crippen LogP contribution in [0.15, 0.2) is 18.2 Å². The predicted molar refractivity (Wildman–Crippen MR) is 73.8 cm³/mol. The molecule has 0 heterocycles. The summed E-state index contributed by atoms with van der Waals surface area (Å²) in [5, 5.41) is 9.06. The Morgan fingerprint density at radius 2 is 1.24 bits per heavy atom. The molecule has 0 amide bonds. The first kappa shape index (κ1) is 16.1. The van der Waals surface area contributed by atoms with Gasteiger partial charge in [0.05, 0.1) is 6.61 Å². The standard InChI is InChI=1S/C11H18N2O.C3H8/c12-3-1-9-5-10(2-4-13)7-11(6-9)8-14;1-3-2/h5-7,14H,1-4,8,12-13H2;3H2,1-2H3. The van der Waals surface area contributed by atoms with Crippen molar-refractivity contribution in [2.45, 2.75) is 39.7 Å². The minimum Gasteiger partial charge on any atom is -0.392 e. The molecular formula is C14H26N2O. The first-order chi connectivity index (χ1) is 8.21. The lowest BCUT2D eigenvalue weighted by molar-refractivity contribution is 0.281. The van der Waals surface area contributed by atoms with Crippen LogP contribution in [0.4, 0.5) is 0 Å². The van der Waals surface area contributed by atoms with Crippen molar-refractivity contribution >= 4 is 0 Å². The lowest BCUT2D eigenvalue weighted by atomic mass is 10.0. The number of hydrogen-bond donors (Lipinski definition) is 3. The Bertz CT molecular complexity index is 276. The van der Waals surface area contributed by atoms with Crippen molar-refractivity contribution in [2.75, 3.05) is 13.1 Å². The summed E-state index contributed by atoms with van der Waals surface area (Å²) in [6, 6.07) is 6.10. The van der Waals surface area contributed by atoms with Gasteiger partial charge in [-0.05, 0) is 42.6 Å². The minimum atomic E-state index is 0.0793. The van der Waals surface area contributed by atoms with E-state index in [0.29, 0.717) is 13.1 Å². The smallest absolute Gasteiger partial charge is 0.0682 e.